The van der Waals surface area contributed by atoms with Crippen molar-refractivity contribution in [1.29, 1.82) is 0 Å². The summed E-state index contributed by atoms with van der Waals surface area (Å²) < 4.78 is 0.795. The van der Waals surface area contributed by atoms with Crippen molar-refractivity contribution in [2.75, 3.05) is 0 Å². The van der Waals surface area contributed by atoms with Gasteiger partial charge >= 0.3 is 0 Å². The van der Waals surface area contributed by atoms with E-state index < -0.39 is 0 Å². The lowest BCUT2D eigenvalue weighted by Gasteiger charge is -2.14. The highest BCUT2D eigenvalue weighted by Gasteiger charge is 2.13. The Bertz CT molecular complexity index is 409. The van der Waals surface area contributed by atoms with E-state index in [0.29, 0.717) is 12.0 Å². The summed E-state index contributed by atoms with van der Waals surface area (Å²) in [5.41, 5.74) is 0.637. The van der Waals surface area contributed by atoms with Gasteiger partial charge in [0.15, 0.2) is 0 Å². The van der Waals surface area contributed by atoms with Gasteiger partial charge in [0.2, 0.25) is 0 Å². The van der Waals surface area contributed by atoms with Gasteiger partial charge in [-0.25, -0.2) is 0 Å². The third-order valence-electron chi connectivity index (χ3n) is 2.31. The zero-order valence-corrected chi connectivity index (χ0v) is 10.8. The maximum absolute atomic E-state index is 11.9. The normalized spacial score (nSPS) is 11.6. The van der Waals surface area contributed by atoms with Crippen LogP contribution in [-0.2, 0) is 0 Å². The number of amides is 1. The fourth-order valence-corrected chi connectivity index (χ4v) is 1.81. The van der Waals surface area contributed by atoms with Gasteiger partial charge in [0, 0.05) is 16.9 Å². The molecule has 0 aromatic heterocycles. The van der Waals surface area contributed by atoms with Gasteiger partial charge in [-0.15, -0.1) is 12.3 Å². The Balaban J connectivity index is 2.73. The second-order valence-corrected chi connectivity index (χ2v) is 4.32. The first-order chi connectivity index (χ1) is 7.69. The monoisotopic (exact) mass is 279 g/mol. The van der Waals surface area contributed by atoms with Crippen molar-refractivity contribution in [3.05, 3.63) is 34.3 Å². The van der Waals surface area contributed by atoms with Crippen LogP contribution in [0, 0.1) is 12.3 Å². The molecule has 0 aliphatic carbocycles. The summed E-state index contributed by atoms with van der Waals surface area (Å²) in [6, 6.07) is 7.38. The highest BCUT2D eigenvalue weighted by atomic mass is 79.9. The minimum Gasteiger partial charge on any atom is -0.348 e. The number of hydrogen-bond donors (Lipinski definition) is 1. The molecule has 0 radical (unpaired) electrons. The Hall–Kier alpha value is -1.27. The Morgan fingerprint density at radius 1 is 1.56 bits per heavy atom. The number of nitrogens with one attached hydrogen (secondary N) is 1. The first-order valence-electron chi connectivity index (χ1n) is 5.17. The number of carbonyl (C=O) groups is 1. The van der Waals surface area contributed by atoms with E-state index in [1.54, 1.807) is 6.07 Å². The molecule has 0 fully saturated rings. The molecule has 1 amide bonds. The molecule has 1 N–H and O–H groups in total. The van der Waals surface area contributed by atoms with E-state index in [1.807, 2.05) is 25.1 Å². The Morgan fingerprint density at radius 2 is 2.25 bits per heavy atom. The summed E-state index contributed by atoms with van der Waals surface area (Å²) in [7, 11) is 0. The second-order valence-electron chi connectivity index (χ2n) is 3.47. The van der Waals surface area contributed by atoms with Crippen LogP contribution in [0.1, 0.15) is 30.1 Å². The van der Waals surface area contributed by atoms with Crippen LogP contribution in [-0.4, -0.2) is 11.9 Å². The molecule has 1 atom stereocenters. The van der Waals surface area contributed by atoms with Gasteiger partial charge in [-0.05, 0) is 34.5 Å². The summed E-state index contributed by atoms with van der Waals surface area (Å²) in [4.78, 5) is 11.9. The van der Waals surface area contributed by atoms with E-state index in [4.69, 9.17) is 6.42 Å². The van der Waals surface area contributed by atoms with Crippen molar-refractivity contribution in [2.45, 2.75) is 25.8 Å². The average Bonchev–Trinajstić information content (AvgIpc) is 2.28. The van der Waals surface area contributed by atoms with E-state index >= 15 is 0 Å². The number of carbonyl (C=O) groups excluding carboxylic acids is 1. The molecule has 0 saturated heterocycles. The molecule has 1 aromatic carbocycles. The molecule has 0 heterocycles. The minimum absolute atomic E-state index is 0.0459. The van der Waals surface area contributed by atoms with Crippen molar-refractivity contribution in [1.82, 2.24) is 5.32 Å². The molecule has 16 heavy (non-hydrogen) atoms. The minimum atomic E-state index is -0.0884. The molecule has 0 spiro atoms. The summed E-state index contributed by atoms with van der Waals surface area (Å²) >= 11 is 3.35. The van der Waals surface area contributed by atoms with Gasteiger partial charge in [-0.1, -0.05) is 19.1 Å². The van der Waals surface area contributed by atoms with Gasteiger partial charge in [0.25, 0.3) is 5.91 Å². The third kappa shape index (κ3) is 3.39. The standard InChI is InChI=1S/C13H14BrNO/c1-3-7-10(4-2)15-13(16)11-8-5-6-9-12(11)14/h1,5-6,8-10H,4,7H2,2H3,(H,15,16). The Morgan fingerprint density at radius 3 is 2.81 bits per heavy atom. The molecule has 0 aliphatic rings. The predicted octanol–water partition coefficient (Wildman–Crippen LogP) is 2.98. The lowest BCUT2D eigenvalue weighted by molar-refractivity contribution is 0.0936. The van der Waals surface area contributed by atoms with Gasteiger partial charge in [-0.2, -0.15) is 0 Å². The molecular weight excluding hydrogens is 266 g/mol. The highest BCUT2D eigenvalue weighted by molar-refractivity contribution is 9.10. The quantitative estimate of drug-likeness (QED) is 0.844. The molecule has 1 rings (SSSR count). The van der Waals surface area contributed by atoms with Crippen molar-refractivity contribution >= 4 is 21.8 Å². The summed E-state index contributed by atoms with van der Waals surface area (Å²) in [6.07, 6.45) is 6.63. The van der Waals surface area contributed by atoms with Crippen molar-refractivity contribution < 1.29 is 4.79 Å². The summed E-state index contributed by atoms with van der Waals surface area (Å²) in [5.74, 6) is 2.48. The summed E-state index contributed by atoms with van der Waals surface area (Å²) in [6.45, 7) is 2.00. The molecule has 2 nitrogen and oxygen atoms in total. The van der Waals surface area contributed by atoms with Crippen LogP contribution in [0.2, 0.25) is 0 Å². The zero-order chi connectivity index (χ0) is 12.0. The number of terminal acetylenes is 1. The van der Waals surface area contributed by atoms with Gasteiger partial charge in [-0.3, -0.25) is 4.79 Å². The molecule has 0 bridgehead atoms. The zero-order valence-electron chi connectivity index (χ0n) is 9.16. The highest BCUT2D eigenvalue weighted by Crippen LogP contribution is 2.15. The number of benzene rings is 1. The molecule has 0 aliphatic heterocycles. The van der Waals surface area contributed by atoms with Gasteiger partial charge in [0.1, 0.15) is 0 Å². The smallest absolute Gasteiger partial charge is 0.252 e. The fourth-order valence-electron chi connectivity index (χ4n) is 1.35. The van der Waals surface area contributed by atoms with E-state index in [2.05, 4.69) is 27.2 Å². The first-order valence-corrected chi connectivity index (χ1v) is 5.97. The molecule has 84 valence electrons. The SMILES string of the molecule is C#CCC(CC)NC(=O)c1ccccc1Br. The second kappa shape index (κ2) is 6.34. The van der Waals surface area contributed by atoms with Gasteiger partial charge in [0.05, 0.1) is 5.56 Å². The predicted molar refractivity (Wildman–Crippen MR) is 69.1 cm³/mol. The van der Waals surface area contributed by atoms with E-state index in [9.17, 15) is 4.79 Å². The van der Waals surface area contributed by atoms with Crippen LogP contribution in [0.15, 0.2) is 28.7 Å². The van der Waals surface area contributed by atoms with Crippen LogP contribution in [0.5, 0.6) is 0 Å². The lowest BCUT2D eigenvalue weighted by atomic mass is 10.1. The number of rotatable bonds is 4. The van der Waals surface area contributed by atoms with Crippen molar-refractivity contribution in [3.8, 4) is 12.3 Å². The molecule has 3 heteroatoms. The van der Waals surface area contributed by atoms with Crippen LogP contribution in [0.25, 0.3) is 0 Å². The molecule has 0 saturated carbocycles. The molecule has 1 unspecified atom stereocenters. The van der Waals surface area contributed by atoms with E-state index in [0.717, 1.165) is 10.9 Å². The van der Waals surface area contributed by atoms with E-state index in [1.165, 1.54) is 0 Å². The maximum atomic E-state index is 11.9. The molecular formula is C13H14BrNO. The lowest BCUT2D eigenvalue weighted by Crippen LogP contribution is -2.34. The van der Waals surface area contributed by atoms with Crippen LogP contribution in [0.4, 0.5) is 0 Å². The van der Waals surface area contributed by atoms with Crippen LogP contribution < -0.4 is 5.32 Å². The Kier molecular flexibility index (Phi) is 5.07. The molecule has 1 aromatic rings. The topological polar surface area (TPSA) is 29.1 Å². The summed E-state index contributed by atoms with van der Waals surface area (Å²) in [5, 5.41) is 2.91. The van der Waals surface area contributed by atoms with Crippen LogP contribution in [0.3, 0.4) is 0 Å². The third-order valence-corrected chi connectivity index (χ3v) is 3.00. The van der Waals surface area contributed by atoms with E-state index in [-0.39, 0.29) is 11.9 Å². The largest absolute Gasteiger partial charge is 0.348 e. The number of halogens is 1. The number of hydrogen-bond acceptors (Lipinski definition) is 1. The van der Waals surface area contributed by atoms with Crippen LogP contribution >= 0.6 is 15.9 Å². The Labute approximate surface area is 105 Å². The maximum Gasteiger partial charge on any atom is 0.252 e. The van der Waals surface area contributed by atoms with Crippen molar-refractivity contribution in [2.24, 2.45) is 0 Å². The fraction of sp³-hybridized carbons (Fsp3) is 0.308. The van der Waals surface area contributed by atoms with Crippen molar-refractivity contribution in [3.63, 3.8) is 0 Å². The average molecular weight is 280 g/mol. The van der Waals surface area contributed by atoms with Gasteiger partial charge < -0.3 is 5.32 Å². The first kappa shape index (κ1) is 12.8.